The molecule has 0 aliphatic carbocycles. The number of anilines is 2. The van der Waals surface area contributed by atoms with Crippen LogP contribution in [-0.2, 0) is 9.47 Å². The zero-order valence-corrected chi connectivity index (χ0v) is 43.8. The molecule has 0 spiro atoms. The van der Waals surface area contributed by atoms with Gasteiger partial charge >= 0.3 is 19.3 Å². The molecule has 2 aromatic carbocycles. The van der Waals surface area contributed by atoms with Crippen LogP contribution in [0.15, 0.2) is 48.8 Å². The zero-order valence-electron chi connectivity index (χ0n) is 40.0. The van der Waals surface area contributed by atoms with Crippen molar-refractivity contribution in [2.45, 2.75) is 89.5 Å². The number of fused-ring (bicyclic) bond motifs is 2. The lowest BCUT2D eigenvalue weighted by Gasteiger charge is -2.41. The highest BCUT2D eigenvalue weighted by molar-refractivity contribution is 14.1. The minimum Gasteiger partial charge on any atom is -0.497 e. The Kier molecular flexibility index (Phi) is 17.4. The van der Waals surface area contributed by atoms with Gasteiger partial charge in [0.05, 0.1) is 56.6 Å². The molecule has 4 aromatic heterocycles. The minimum absolute atomic E-state index is 0.112. The Morgan fingerprint density at radius 3 is 1.61 bits per heavy atom. The Morgan fingerprint density at radius 1 is 0.729 bits per heavy atom. The monoisotopic (exact) mass is 1130 g/mol. The van der Waals surface area contributed by atoms with Crippen LogP contribution in [0.4, 0.5) is 28.6 Å². The number of carbonyl (C=O) groups excluding carboxylic acids is 2. The van der Waals surface area contributed by atoms with Crippen molar-refractivity contribution in [3.8, 4) is 22.8 Å². The summed E-state index contributed by atoms with van der Waals surface area (Å²) in [7, 11) is 1.19. The molecule has 2 aliphatic heterocycles. The number of aliphatic hydroxyl groups is 2. The van der Waals surface area contributed by atoms with E-state index in [0.717, 1.165) is 31.1 Å². The van der Waals surface area contributed by atoms with Gasteiger partial charge in [0.1, 0.15) is 38.0 Å². The molecule has 0 radical (unpaired) electrons. The molecule has 0 unspecified atom stereocenters. The van der Waals surface area contributed by atoms with Crippen LogP contribution in [0, 0.1) is 15.3 Å². The Morgan fingerprint density at radius 2 is 1.17 bits per heavy atom. The molecule has 2 amide bonds. The number of piperidine rings is 2. The van der Waals surface area contributed by atoms with Crippen LogP contribution in [0.1, 0.15) is 67.2 Å². The second-order valence-corrected chi connectivity index (χ2v) is 21.6. The first-order valence-electron chi connectivity index (χ1n) is 22.1. The van der Waals surface area contributed by atoms with Gasteiger partial charge in [-0.3, -0.25) is 0 Å². The Bertz CT molecular complexity index is 2730. The number of nitrogens with zero attached hydrogens (tertiary/aromatic N) is 8. The summed E-state index contributed by atoms with van der Waals surface area (Å²) in [6.07, 6.45) is 4.81. The molecule has 26 heteroatoms. The number of carbonyl (C=O) groups is 2. The van der Waals surface area contributed by atoms with E-state index in [0.29, 0.717) is 73.8 Å². The van der Waals surface area contributed by atoms with Crippen LogP contribution in [0.3, 0.4) is 0 Å². The van der Waals surface area contributed by atoms with Crippen molar-refractivity contribution < 1.29 is 57.6 Å². The van der Waals surface area contributed by atoms with Crippen LogP contribution in [0.2, 0.25) is 0 Å². The molecule has 6 aromatic rings. The summed E-state index contributed by atoms with van der Waals surface area (Å²) in [6, 6.07) is 7.85. The zero-order chi connectivity index (χ0) is 51.2. The van der Waals surface area contributed by atoms with Crippen molar-refractivity contribution in [3.05, 3.63) is 64.1 Å². The standard InChI is InChI=1S/C22H28FN5O4S.C15H22IN5O3S.C7H8BFO3/c1-21(2,3)32-20(30)25-22(13-29)7-9-27(10-8-22)19-26-28-16(12-24-18(28)33-19)15-6-5-14(23)11-17(15)31-4;1-14(2,3)24-13(23)18-15(9-22)4-6-20(7-5-15)12-19-21-10(16)8-17-11(21)25-12;1-12-7-4-5(9)2-3-6(7)8(10)11/h5-6,11-12,29H,7-10,13H2,1-4H3,(H,25,30);8,22H,4-7,9H2,1-3H3,(H,18,23);2-4,10-11H,1H3. The van der Waals surface area contributed by atoms with Crippen LogP contribution in [0.25, 0.3) is 21.2 Å². The van der Waals surface area contributed by atoms with E-state index >= 15 is 0 Å². The number of benzene rings is 2. The number of methoxy groups -OCH3 is 2. The van der Waals surface area contributed by atoms with Gasteiger partial charge in [0.2, 0.25) is 20.2 Å². The molecule has 0 saturated carbocycles. The number of amides is 2. The van der Waals surface area contributed by atoms with E-state index < -0.39 is 47.4 Å². The van der Waals surface area contributed by atoms with Gasteiger partial charge in [0, 0.05) is 49.3 Å². The Balaban J connectivity index is 0.000000191. The van der Waals surface area contributed by atoms with E-state index in [1.807, 2.05) is 25.3 Å². The highest BCUT2D eigenvalue weighted by Crippen LogP contribution is 2.36. The van der Waals surface area contributed by atoms with Gasteiger partial charge < -0.3 is 59.6 Å². The molecule has 6 heterocycles. The molecule has 2 fully saturated rings. The third-order valence-electron chi connectivity index (χ3n) is 11.1. The number of aromatic nitrogens is 6. The molecule has 70 heavy (non-hydrogen) atoms. The highest BCUT2D eigenvalue weighted by Gasteiger charge is 2.39. The largest absolute Gasteiger partial charge is 0.497 e. The topological polar surface area (TPSA) is 243 Å². The number of hydrogen-bond donors (Lipinski definition) is 6. The smallest absolute Gasteiger partial charge is 0.492 e. The first kappa shape index (κ1) is 54.2. The highest BCUT2D eigenvalue weighted by atomic mass is 127. The summed E-state index contributed by atoms with van der Waals surface area (Å²) in [6.45, 7) is 13.2. The predicted octanol–water partition coefficient (Wildman–Crippen LogP) is 5.23. The van der Waals surface area contributed by atoms with Gasteiger partial charge in [-0.05, 0) is 108 Å². The van der Waals surface area contributed by atoms with Crippen molar-refractivity contribution in [3.63, 3.8) is 0 Å². The normalized spacial score (nSPS) is 15.6. The average molecular weight is 1130 g/mol. The van der Waals surface area contributed by atoms with E-state index in [4.69, 9.17) is 34.1 Å². The van der Waals surface area contributed by atoms with Crippen molar-refractivity contribution in [1.29, 1.82) is 0 Å². The SMILES string of the molecule is CC(C)(C)OC(=O)NC1(CO)CCN(c2nn3c(I)cnc3s2)CC1.COc1cc(F)ccc1-c1cnc2sc(N3CCC(CO)(NC(=O)OC(C)(C)C)CC3)nn12.COc1cc(F)ccc1B(O)O. The van der Waals surface area contributed by atoms with Gasteiger partial charge in [-0.1, -0.05) is 28.7 Å². The fraction of sp³-hybridized carbons (Fsp3) is 0.500. The summed E-state index contributed by atoms with van der Waals surface area (Å²) in [4.78, 5) is 39.0. The van der Waals surface area contributed by atoms with Gasteiger partial charge in [-0.25, -0.2) is 32.9 Å². The molecular formula is C44H58BF2IN10O10S2. The van der Waals surface area contributed by atoms with Crippen LogP contribution < -0.4 is 35.4 Å². The fourth-order valence-electron chi connectivity index (χ4n) is 7.49. The summed E-state index contributed by atoms with van der Waals surface area (Å²) in [5.41, 5.74) is -0.997. The maximum absolute atomic E-state index is 13.6. The van der Waals surface area contributed by atoms with Crippen LogP contribution >= 0.6 is 45.3 Å². The van der Waals surface area contributed by atoms with Gasteiger partial charge in [-0.2, -0.15) is 4.52 Å². The maximum atomic E-state index is 13.6. The second kappa shape index (κ2) is 22.5. The van der Waals surface area contributed by atoms with E-state index in [-0.39, 0.29) is 30.2 Å². The van der Waals surface area contributed by atoms with E-state index in [9.17, 15) is 28.6 Å². The Labute approximate surface area is 425 Å². The lowest BCUT2D eigenvalue weighted by molar-refractivity contribution is 0.0354. The number of halogens is 3. The fourth-order valence-corrected chi connectivity index (χ4v) is 9.99. The molecule has 0 bridgehead atoms. The number of nitrogens with one attached hydrogen (secondary N) is 2. The molecule has 2 aliphatic rings. The Hall–Kier alpha value is -5.13. The third kappa shape index (κ3) is 13.6. The maximum Gasteiger partial charge on any atom is 0.492 e. The van der Waals surface area contributed by atoms with E-state index in [1.54, 1.807) is 55.1 Å². The summed E-state index contributed by atoms with van der Waals surface area (Å²) < 4.78 is 51.4. The van der Waals surface area contributed by atoms with Gasteiger partial charge in [-0.15, -0.1) is 10.2 Å². The van der Waals surface area contributed by atoms with Gasteiger partial charge in [0.25, 0.3) is 0 Å². The average Bonchev–Trinajstić information content (AvgIpc) is 4.09. The predicted molar refractivity (Wildman–Crippen MR) is 270 cm³/mol. The number of aliphatic hydroxyl groups excluding tert-OH is 2. The molecule has 8 rings (SSSR count). The number of ether oxygens (including phenoxy) is 4. The van der Waals surface area contributed by atoms with E-state index in [2.05, 4.69) is 58.1 Å². The first-order chi connectivity index (χ1) is 33.0. The summed E-state index contributed by atoms with van der Waals surface area (Å²) >= 11 is 5.19. The summed E-state index contributed by atoms with van der Waals surface area (Å²) in [5, 5.41) is 54.2. The molecule has 6 N–H and O–H groups in total. The number of imidazole rings is 2. The molecule has 0 atom stereocenters. The second-order valence-electron chi connectivity index (χ2n) is 18.6. The third-order valence-corrected chi connectivity index (χ3v) is 13.8. The van der Waals surface area contributed by atoms with E-state index in [1.165, 1.54) is 43.8 Å². The molecule has 2 saturated heterocycles. The lowest BCUT2D eigenvalue weighted by Crippen LogP contribution is -2.58. The summed E-state index contributed by atoms with van der Waals surface area (Å²) in [5.74, 6) is -0.317. The minimum atomic E-state index is -1.64. The van der Waals surface area contributed by atoms with Crippen molar-refractivity contribution in [1.82, 2.24) is 39.8 Å². The number of rotatable bonds is 10. The van der Waals surface area contributed by atoms with Crippen LogP contribution in [0.5, 0.6) is 11.5 Å². The molecule has 20 nitrogen and oxygen atoms in total. The number of alkyl carbamates (subject to hydrolysis) is 2. The lowest BCUT2D eigenvalue weighted by atomic mass is 9.79. The van der Waals surface area contributed by atoms with Crippen molar-refractivity contribution >= 4 is 90.2 Å². The first-order valence-corrected chi connectivity index (χ1v) is 24.8. The van der Waals surface area contributed by atoms with Crippen molar-refractivity contribution in [2.24, 2.45) is 0 Å². The number of hydrogen-bond acceptors (Lipinski definition) is 18. The van der Waals surface area contributed by atoms with Crippen molar-refractivity contribution in [2.75, 3.05) is 63.4 Å². The quantitative estimate of drug-likeness (QED) is 0.0761. The molecule has 380 valence electrons. The molecular weight excluding hydrogens is 1070 g/mol. The van der Waals surface area contributed by atoms with Gasteiger partial charge in [0.15, 0.2) is 0 Å². The van der Waals surface area contributed by atoms with Crippen LogP contribution in [-0.4, -0.2) is 145 Å².